The van der Waals surface area contributed by atoms with Gasteiger partial charge in [0.25, 0.3) is 0 Å². The summed E-state index contributed by atoms with van der Waals surface area (Å²) in [5.41, 5.74) is 0. The smallest absolute Gasteiger partial charge is 0.125 e. The first-order valence-corrected chi connectivity index (χ1v) is 5.35. The number of hydrogen-bond donors (Lipinski definition) is 1. The van der Waals surface area contributed by atoms with Crippen molar-refractivity contribution in [1.82, 2.24) is 14.9 Å². The first kappa shape index (κ1) is 11.2. The van der Waals surface area contributed by atoms with Gasteiger partial charge in [-0.2, -0.15) is 0 Å². The molecular formula is C11H21N3. The van der Waals surface area contributed by atoms with Crippen molar-refractivity contribution in [3.8, 4) is 0 Å². The molecule has 1 N–H and O–H groups in total. The molecule has 0 saturated heterocycles. The lowest BCUT2D eigenvalue weighted by atomic mass is 10.0. The van der Waals surface area contributed by atoms with Crippen LogP contribution in [0.2, 0.25) is 0 Å². The van der Waals surface area contributed by atoms with Crippen molar-refractivity contribution in [3.05, 3.63) is 18.2 Å². The van der Waals surface area contributed by atoms with Crippen LogP contribution in [-0.2, 0) is 7.05 Å². The highest BCUT2D eigenvalue weighted by Crippen LogP contribution is 2.18. The van der Waals surface area contributed by atoms with Gasteiger partial charge in [0, 0.05) is 19.4 Å². The fourth-order valence-electron chi connectivity index (χ4n) is 1.71. The van der Waals surface area contributed by atoms with E-state index in [0.717, 1.165) is 18.8 Å². The maximum atomic E-state index is 4.39. The van der Waals surface area contributed by atoms with Gasteiger partial charge in [0.1, 0.15) is 5.82 Å². The molecule has 0 amide bonds. The summed E-state index contributed by atoms with van der Waals surface area (Å²) in [5, 5.41) is 3.47. The highest BCUT2D eigenvalue weighted by molar-refractivity contribution is 4.98. The van der Waals surface area contributed by atoms with Crippen LogP contribution in [0.1, 0.15) is 39.1 Å². The van der Waals surface area contributed by atoms with Gasteiger partial charge in [-0.1, -0.05) is 20.8 Å². The molecule has 0 aromatic carbocycles. The molecule has 0 aliphatic rings. The van der Waals surface area contributed by atoms with E-state index in [1.807, 2.05) is 19.4 Å². The predicted molar refractivity (Wildman–Crippen MR) is 59.1 cm³/mol. The number of aromatic nitrogens is 2. The van der Waals surface area contributed by atoms with E-state index in [1.54, 1.807) is 0 Å². The Morgan fingerprint density at radius 2 is 2.21 bits per heavy atom. The lowest BCUT2D eigenvalue weighted by Gasteiger charge is -2.19. The number of rotatable bonds is 5. The summed E-state index contributed by atoms with van der Waals surface area (Å²) < 4.78 is 2.09. The van der Waals surface area contributed by atoms with Gasteiger partial charge in [0.15, 0.2) is 0 Å². The van der Waals surface area contributed by atoms with Gasteiger partial charge < -0.3 is 9.88 Å². The average Bonchev–Trinajstić information content (AvgIpc) is 2.50. The third-order valence-electron chi connectivity index (χ3n) is 2.33. The normalized spacial score (nSPS) is 13.5. The van der Waals surface area contributed by atoms with E-state index in [4.69, 9.17) is 0 Å². The van der Waals surface area contributed by atoms with Gasteiger partial charge >= 0.3 is 0 Å². The molecule has 3 nitrogen and oxygen atoms in total. The molecule has 0 fully saturated rings. The van der Waals surface area contributed by atoms with Crippen LogP contribution in [0.3, 0.4) is 0 Å². The molecule has 14 heavy (non-hydrogen) atoms. The molecule has 80 valence electrons. The Labute approximate surface area is 86.5 Å². The molecular weight excluding hydrogens is 174 g/mol. The molecule has 0 bridgehead atoms. The van der Waals surface area contributed by atoms with Crippen LogP contribution >= 0.6 is 0 Å². The van der Waals surface area contributed by atoms with E-state index >= 15 is 0 Å². The molecule has 0 saturated carbocycles. The van der Waals surface area contributed by atoms with Crippen molar-refractivity contribution in [2.45, 2.75) is 33.2 Å². The Morgan fingerprint density at radius 1 is 1.50 bits per heavy atom. The second kappa shape index (κ2) is 5.15. The van der Waals surface area contributed by atoms with E-state index in [9.17, 15) is 0 Å². The van der Waals surface area contributed by atoms with E-state index in [0.29, 0.717) is 12.0 Å². The topological polar surface area (TPSA) is 29.9 Å². The fourth-order valence-corrected chi connectivity index (χ4v) is 1.71. The number of aryl methyl sites for hydroxylation is 1. The molecule has 3 heteroatoms. The molecule has 1 rings (SSSR count). The molecule has 0 spiro atoms. The van der Waals surface area contributed by atoms with E-state index in [-0.39, 0.29) is 0 Å². The molecule has 1 aromatic heterocycles. The first-order valence-electron chi connectivity index (χ1n) is 5.35. The van der Waals surface area contributed by atoms with Gasteiger partial charge in [-0.3, -0.25) is 0 Å². The monoisotopic (exact) mass is 195 g/mol. The minimum absolute atomic E-state index is 0.389. The van der Waals surface area contributed by atoms with Crippen LogP contribution in [0.15, 0.2) is 12.4 Å². The Bertz CT molecular complexity index is 265. The highest BCUT2D eigenvalue weighted by atomic mass is 15.1. The average molecular weight is 195 g/mol. The summed E-state index contributed by atoms with van der Waals surface area (Å²) in [4.78, 5) is 4.39. The standard InChI is InChI=1S/C11H21N3/c1-5-12-10(8-9(2)3)11-13-6-7-14(11)4/h6-7,9-10,12H,5,8H2,1-4H3. The maximum Gasteiger partial charge on any atom is 0.125 e. The van der Waals surface area contributed by atoms with Gasteiger partial charge in [-0.05, 0) is 18.9 Å². The van der Waals surface area contributed by atoms with Crippen molar-refractivity contribution in [2.75, 3.05) is 6.54 Å². The van der Waals surface area contributed by atoms with Crippen LogP contribution in [0.5, 0.6) is 0 Å². The summed E-state index contributed by atoms with van der Waals surface area (Å²) in [6.45, 7) is 7.61. The van der Waals surface area contributed by atoms with E-state index < -0.39 is 0 Å². The van der Waals surface area contributed by atoms with Crippen LogP contribution in [-0.4, -0.2) is 16.1 Å². The minimum Gasteiger partial charge on any atom is -0.337 e. The molecule has 1 atom stereocenters. The maximum absolute atomic E-state index is 4.39. The lowest BCUT2D eigenvalue weighted by molar-refractivity contribution is 0.414. The quantitative estimate of drug-likeness (QED) is 0.780. The molecule has 1 unspecified atom stereocenters. The second-order valence-corrected chi connectivity index (χ2v) is 4.14. The zero-order valence-electron chi connectivity index (χ0n) is 9.62. The van der Waals surface area contributed by atoms with E-state index in [1.165, 1.54) is 0 Å². The van der Waals surface area contributed by atoms with Crippen LogP contribution in [0, 0.1) is 5.92 Å². The predicted octanol–water partition coefficient (Wildman–Crippen LogP) is 2.12. The van der Waals surface area contributed by atoms with Crippen molar-refractivity contribution in [2.24, 2.45) is 13.0 Å². The lowest BCUT2D eigenvalue weighted by Crippen LogP contribution is -2.25. The summed E-state index contributed by atoms with van der Waals surface area (Å²) in [6.07, 6.45) is 5.00. The highest BCUT2D eigenvalue weighted by Gasteiger charge is 2.15. The summed E-state index contributed by atoms with van der Waals surface area (Å²) >= 11 is 0. The third kappa shape index (κ3) is 2.84. The molecule has 1 heterocycles. The van der Waals surface area contributed by atoms with Crippen LogP contribution in [0.25, 0.3) is 0 Å². The summed E-state index contributed by atoms with van der Waals surface area (Å²) in [6, 6.07) is 0.389. The number of imidazole rings is 1. The Balaban J connectivity index is 2.72. The van der Waals surface area contributed by atoms with Gasteiger partial charge in [-0.25, -0.2) is 4.98 Å². The second-order valence-electron chi connectivity index (χ2n) is 4.14. The number of nitrogens with one attached hydrogen (secondary N) is 1. The number of nitrogens with zero attached hydrogens (tertiary/aromatic N) is 2. The van der Waals surface area contributed by atoms with Crippen molar-refractivity contribution >= 4 is 0 Å². The van der Waals surface area contributed by atoms with Gasteiger partial charge in [0.05, 0.1) is 6.04 Å². The van der Waals surface area contributed by atoms with Crippen molar-refractivity contribution < 1.29 is 0 Å². The van der Waals surface area contributed by atoms with Gasteiger partial charge in [-0.15, -0.1) is 0 Å². The number of hydrogen-bond acceptors (Lipinski definition) is 2. The van der Waals surface area contributed by atoms with E-state index in [2.05, 4.69) is 35.6 Å². The summed E-state index contributed by atoms with van der Waals surface area (Å²) in [5.74, 6) is 1.83. The zero-order chi connectivity index (χ0) is 10.6. The van der Waals surface area contributed by atoms with Crippen LogP contribution < -0.4 is 5.32 Å². The molecule has 0 aliphatic heterocycles. The molecule has 0 radical (unpaired) electrons. The van der Waals surface area contributed by atoms with Gasteiger partial charge in [0.2, 0.25) is 0 Å². The fraction of sp³-hybridized carbons (Fsp3) is 0.727. The Kier molecular flexibility index (Phi) is 4.14. The SMILES string of the molecule is CCNC(CC(C)C)c1nccn1C. The van der Waals surface area contributed by atoms with Crippen LogP contribution in [0.4, 0.5) is 0 Å². The minimum atomic E-state index is 0.389. The summed E-state index contributed by atoms with van der Waals surface area (Å²) in [7, 11) is 2.05. The zero-order valence-corrected chi connectivity index (χ0v) is 9.62. The van der Waals surface area contributed by atoms with Crippen molar-refractivity contribution in [1.29, 1.82) is 0 Å². The third-order valence-corrected chi connectivity index (χ3v) is 2.33. The Morgan fingerprint density at radius 3 is 2.64 bits per heavy atom. The Hall–Kier alpha value is -0.830. The largest absolute Gasteiger partial charge is 0.337 e. The first-order chi connectivity index (χ1) is 6.65. The molecule has 1 aromatic rings. The molecule has 0 aliphatic carbocycles. The van der Waals surface area contributed by atoms with Crippen molar-refractivity contribution in [3.63, 3.8) is 0 Å².